The summed E-state index contributed by atoms with van der Waals surface area (Å²) >= 11 is 1.71. The lowest BCUT2D eigenvalue weighted by Crippen LogP contribution is -2.18. The maximum Gasteiger partial charge on any atom is 0.0987 e. The van der Waals surface area contributed by atoms with Gasteiger partial charge >= 0.3 is 0 Å². The molecule has 5 heteroatoms. The lowest BCUT2D eigenvalue weighted by molar-refractivity contribution is 0.196. The Balaban J connectivity index is 2.10. The normalized spacial score (nSPS) is 18.9. The van der Waals surface area contributed by atoms with Crippen LogP contribution in [0.3, 0.4) is 0 Å². The van der Waals surface area contributed by atoms with Gasteiger partial charge in [-0.1, -0.05) is 6.92 Å². The number of thioether (sulfide) groups is 1. The van der Waals surface area contributed by atoms with Crippen molar-refractivity contribution in [3.8, 4) is 0 Å². The van der Waals surface area contributed by atoms with Crippen LogP contribution in [0.5, 0.6) is 0 Å². The van der Waals surface area contributed by atoms with E-state index in [1.165, 1.54) is 23.4 Å². The van der Waals surface area contributed by atoms with Crippen LogP contribution in [0, 0.1) is 6.92 Å². The van der Waals surface area contributed by atoms with Crippen LogP contribution in [0.4, 0.5) is 0 Å². The van der Waals surface area contributed by atoms with Gasteiger partial charge in [0.1, 0.15) is 0 Å². The van der Waals surface area contributed by atoms with Gasteiger partial charge in [0.15, 0.2) is 0 Å². The van der Waals surface area contributed by atoms with E-state index in [0.717, 1.165) is 12.2 Å². The molecular weight excluding hydrogens is 246 g/mol. The van der Waals surface area contributed by atoms with Crippen LogP contribution >= 0.6 is 11.8 Å². The Labute approximate surface area is 113 Å². The smallest absolute Gasteiger partial charge is 0.0987 e. The molecule has 2 unspecified atom stereocenters. The maximum absolute atomic E-state index is 9.63. The van der Waals surface area contributed by atoms with E-state index >= 15 is 0 Å². The van der Waals surface area contributed by atoms with E-state index in [-0.39, 0.29) is 11.4 Å². The van der Waals surface area contributed by atoms with Crippen molar-refractivity contribution < 1.29 is 5.11 Å². The van der Waals surface area contributed by atoms with Crippen molar-refractivity contribution in [2.24, 2.45) is 7.05 Å². The van der Waals surface area contributed by atoms with E-state index in [1.54, 1.807) is 11.8 Å². The van der Waals surface area contributed by atoms with E-state index in [4.69, 9.17) is 0 Å². The van der Waals surface area contributed by atoms with Gasteiger partial charge in [-0.3, -0.25) is 4.68 Å². The summed E-state index contributed by atoms with van der Waals surface area (Å²) in [6.07, 6.45) is 2.28. The second-order valence-corrected chi connectivity index (χ2v) is 6.58. The highest BCUT2D eigenvalue weighted by molar-refractivity contribution is 8.00. The molecule has 1 aliphatic rings. The van der Waals surface area contributed by atoms with Gasteiger partial charge < -0.3 is 10.4 Å². The maximum atomic E-state index is 9.63. The number of aromatic nitrogens is 2. The van der Waals surface area contributed by atoms with Gasteiger partial charge in [0.05, 0.1) is 16.8 Å². The fourth-order valence-electron chi connectivity index (χ4n) is 1.84. The molecular formula is C13H23N3OS. The molecule has 0 aliphatic heterocycles. The second kappa shape index (κ2) is 5.63. The van der Waals surface area contributed by atoms with Gasteiger partial charge in [-0.25, -0.2) is 0 Å². The van der Waals surface area contributed by atoms with Crippen molar-refractivity contribution in [2.45, 2.75) is 62.6 Å². The summed E-state index contributed by atoms with van der Waals surface area (Å²) in [4.78, 5) is 0. The molecule has 1 aromatic rings. The van der Waals surface area contributed by atoms with Crippen LogP contribution < -0.4 is 5.32 Å². The number of hydrogen-bond donors (Lipinski definition) is 2. The summed E-state index contributed by atoms with van der Waals surface area (Å²) in [6, 6.07) is 0.705. The van der Waals surface area contributed by atoms with Crippen molar-refractivity contribution in [2.75, 3.05) is 0 Å². The number of aliphatic hydroxyl groups excluding tert-OH is 1. The Morgan fingerprint density at radius 3 is 2.72 bits per heavy atom. The van der Waals surface area contributed by atoms with Crippen molar-refractivity contribution in [3.05, 3.63) is 11.3 Å². The largest absolute Gasteiger partial charge is 0.392 e. The van der Waals surface area contributed by atoms with Crippen molar-refractivity contribution >= 4 is 11.8 Å². The first-order valence-corrected chi connectivity index (χ1v) is 7.47. The predicted molar refractivity (Wildman–Crippen MR) is 74.8 cm³/mol. The van der Waals surface area contributed by atoms with Crippen molar-refractivity contribution in [1.82, 2.24) is 15.1 Å². The minimum atomic E-state index is -0.311. The molecule has 1 aliphatic carbocycles. The third-order valence-electron chi connectivity index (χ3n) is 3.41. The number of aryl methyl sites for hydroxylation is 2. The molecule has 0 radical (unpaired) electrons. The van der Waals surface area contributed by atoms with Crippen LogP contribution in [-0.4, -0.2) is 32.3 Å². The lowest BCUT2D eigenvalue weighted by Gasteiger charge is -2.15. The fourth-order valence-corrected chi connectivity index (χ4v) is 2.94. The summed E-state index contributed by atoms with van der Waals surface area (Å²) < 4.78 is 1.93. The average Bonchev–Trinajstić information content (AvgIpc) is 3.06. The Bertz CT molecular complexity index is 413. The minimum Gasteiger partial charge on any atom is -0.392 e. The Morgan fingerprint density at radius 2 is 2.17 bits per heavy atom. The Kier molecular flexibility index (Phi) is 4.35. The molecule has 0 saturated heterocycles. The number of aliphatic hydroxyl groups is 1. The molecule has 0 amide bonds. The van der Waals surface area contributed by atoms with Gasteiger partial charge in [-0.2, -0.15) is 5.10 Å². The highest BCUT2D eigenvalue weighted by Crippen LogP contribution is 2.30. The Morgan fingerprint density at radius 1 is 1.50 bits per heavy atom. The zero-order chi connectivity index (χ0) is 13.3. The molecule has 0 spiro atoms. The van der Waals surface area contributed by atoms with Gasteiger partial charge in [0.2, 0.25) is 0 Å². The highest BCUT2D eigenvalue weighted by Gasteiger charge is 2.23. The standard InChI is InChI=1S/C13H23N3OS/c1-8-12(7-14-11-5-6-11)13(16(4)15-8)18-10(3)9(2)17/h9-11,14,17H,5-7H2,1-4H3. The summed E-state index contributed by atoms with van der Waals surface area (Å²) in [5.41, 5.74) is 2.37. The summed E-state index contributed by atoms with van der Waals surface area (Å²) in [7, 11) is 1.98. The first-order valence-electron chi connectivity index (χ1n) is 6.59. The molecule has 1 aromatic heterocycles. The third kappa shape index (κ3) is 3.28. The quantitative estimate of drug-likeness (QED) is 0.774. The topological polar surface area (TPSA) is 50.1 Å². The third-order valence-corrected chi connectivity index (χ3v) is 4.91. The van der Waals surface area contributed by atoms with Gasteiger partial charge in [0.25, 0.3) is 0 Å². The molecule has 102 valence electrons. The SMILES string of the molecule is Cc1nn(C)c(SC(C)C(C)O)c1CNC1CC1. The molecule has 2 N–H and O–H groups in total. The number of hydrogen-bond acceptors (Lipinski definition) is 4. The zero-order valence-electron chi connectivity index (χ0n) is 11.6. The lowest BCUT2D eigenvalue weighted by atomic mass is 10.2. The monoisotopic (exact) mass is 269 g/mol. The Hall–Kier alpha value is -0.520. The molecule has 1 heterocycles. The van der Waals surface area contributed by atoms with Gasteiger partial charge in [0, 0.05) is 30.4 Å². The zero-order valence-corrected chi connectivity index (χ0v) is 12.4. The summed E-state index contributed by atoms with van der Waals surface area (Å²) in [5.74, 6) is 0. The molecule has 2 atom stereocenters. The fraction of sp³-hybridized carbons (Fsp3) is 0.769. The predicted octanol–water partition coefficient (Wildman–Crippen LogP) is 1.84. The molecule has 1 saturated carbocycles. The molecule has 0 aromatic carbocycles. The second-order valence-electron chi connectivity index (χ2n) is 5.21. The van der Waals surface area contributed by atoms with E-state index in [1.807, 2.05) is 18.7 Å². The first kappa shape index (κ1) is 13.9. The summed E-state index contributed by atoms with van der Waals surface area (Å²) in [5, 5.41) is 19.0. The number of rotatable bonds is 6. The number of nitrogens with zero attached hydrogens (tertiary/aromatic N) is 2. The van der Waals surface area contributed by atoms with Crippen LogP contribution in [0.25, 0.3) is 0 Å². The molecule has 4 nitrogen and oxygen atoms in total. The van der Waals surface area contributed by atoms with E-state index in [9.17, 15) is 5.11 Å². The average molecular weight is 269 g/mol. The van der Waals surface area contributed by atoms with E-state index in [2.05, 4.69) is 24.3 Å². The van der Waals surface area contributed by atoms with Crippen molar-refractivity contribution in [3.63, 3.8) is 0 Å². The van der Waals surface area contributed by atoms with E-state index < -0.39 is 0 Å². The molecule has 2 rings (SSSR count). The molecule has 1 fully saturated rings. The van der Waals surface area contributed by atoms with E-state index in [0.29, 0.717) is 6.04 Å². The van der Waals surface area contributed by atoms with Crippen LogP contribution in [-0.2, 0) is 13.6 Å². The number of nitrogens with one attached hydrogen (secondary N) is 1. The highest BCUT2D eigenvalue weighted by atomic mass is 32.2. The van der Waals surface area contributed by atoms with Gasteiger partial charge in [-0.15, -0.1) is 11.8 Å². The van der Waals surface area contributed by atoms with Gasteiger partial charge in [-0.05, 0) is 26.7 Å². The van der Waals surface area contributed by atoms with Crippen molar-refractivity contribution in [1.29, 1.82) is 0 Å². The van der Waals surface area contributed by atoms with Crippen LogP contribution in [0.15, 0.2) is 5.03 Å². The van der Waals surface area contributed by atoms with Crippen LogP contribution in [0.1, 0.15) is 37.9 Å². The first-order chi connectivity index (χ1) is 8.49. The molecule has 0 bridgehead atoms. The van der Waals surface area contributed by atoms with Crippen LogP contribution in [0.2, 0.25) is 0 Å². The summed E-state index contributed by atoms with van der Waals surface area (Å²) in [6.45, 7) is 6.83. The minimum absolute atomic E-state index is 0.180. The molecule has 18 heavy (non-hydrogen) atoms.